The van der Waals surface area contributed by atoms with Gasteiger partial charge in [-0.15, -0.1) is 0 Å². The molecule has 1 fully saturated rings. The molecule has 290 valence electrons. The number of rotatable bonds is 17. The van der Waals surface area contributed by atoms with Crippen molar-refractivity contribution in [2.24, 2.45) is 5.92 Å². The zero-order valence-corrected chi connectivity index (χ0v) is 32.5. The van der Waals surface area contributed by atoms with E-state index in [0.717, 1.165) is 70.1 Å². The molecule has 0 bridgehead atoms. The van der Waals surface area contributed by atoms with Crippen molar-refractivity contribution in [1.82, 2.24) is 30.8 Å². The number of amides is 3. The van der Waals surface area contributed by atoms with Crippen molar-refractivity contribution in [2.75, 3.05) is 39.5 Å². The lowest BCUT2D eigenvalue weighted by Gasteiger charge is -2.29. The topological polar surface area (TPSA) is 201 Å². The van der Waals surface area contributed by atoms with Gasteiger partial charge in [0.15, 0.2) is 0 Å². The minimum absolute atomic E-state index is 0.125. The number of benzene rings is 1. The Labute approximate surface area is 315 Å². The molecule has 1 aliphatic heterocycles. The maximum atomic E-state index is 13.9. The van der Waals surface area contributed by atoms with Gasteiger partial charge in [-0.3, -0.25) is 24.5 Å². The summed E-state index contributed by atoms with van der Waals surface area (Å²) in [6.45, 7) is 7.95. The summed E-state index contributed by atoms with van der Waals surface area (Å²) in [5.41, 5.74) is -0.461. The largest absolute Gasteiger partial charge is 0.593 e. The molecule has 1 aliphatic rings. The molecule has 2 aromatic rings. The Morgan fingerprint density at radius 1 is 0.981 bits per heavy atom. The second-order valence-corrected chi connectivity index (χ2v) is 15.6. The molecule has 2 heterocycles. The molecule has 1 aromatic carbocycles. The Bertz CT molecular complexity index is 1390. The van der Waals surface area contributed by atoms with Crippen LogP contribution in [0.25, 0.3) is 0 Å². The summed E-state index contributed by atoms with van der Waals surface area (Å²) < 4.78 is 39.5. The van der Waals surface area contributed by atoms with Gasteiger partial charge in [-0.25, -0.2) is 9.78 Å². The monoisotopic (exact) mass is 774 g/mol. The van der Waals surface area contributed by atoms with Gasteiger partial charge >= 0.3 is 26.8 Å². The zero-order chi connectivity index (χ0) is 38.3. The SMILES string of the molecule is CC(C)C[C@@H](NC(=O)[C@@H](Cc1ccccc1)NC(=O)c1cnccn1)B1OCCCCCN(CCCCOC(=O)NC(P=O)[P+](=O)[O-])CCCCCO1. The lowest BCUT2D eigenvalue weighted by molar-refractivity contribution is -0.165. The van der Waals surface area contributed by atoms with E-state index in [-0.39, 0.29) is 24.1 Å². The minimum atomic E-state index is -3.06. The lowest BCUT2D eigenvalue weighted by Crippen LogP contribution is -2.56. The van der Waals surface area contributed by atoms with Gasteiger partial charge in [0.2, 0.25) is 14.4 Å². The Hall–Kier alpha value is -3.39. The number of alkyl carbamates (subject to hydrolysis) is 1. The van der Waals surface area contributed by atoms with Crippen LogP contribution in [0.15, 0.2) is 48.9 Å². The summed E-state index contributed by atoms with van der Waals surface area (Å²) in [4.78, 5) is 60.2. The number of carbonyl (C=O) groups excluding carboxylic acids is 3. The van der Waals surface area contributed by atoms with E-state index in [1.54, 1.807) is 0 Å². The normalized spacial score (nSPS) is 17.2. The molecule has 2 unspecified atom stereocenters. The number of hydrogen-bond donors (Lipinski definition) is 3. The van der Waals surface area contributed by atoms with Crippen LogP contribution in [0, 0.1) is 5.92 Å². The summed E-state index contributed by atoms with van der Waals surface area (Å²) >= 11 is 0. The first-order valence-corrected chi connectivity index (χ1v) is 20.5. The van der Waals surface area contributed by atoms with E-state index in [9.17, 15) is 28.4 Å². The molecule has 3 rings (SSSR count). The minimum Gasteiger partial charge on any atom is -0.593 e. The molecule has 0 radical (unpaired) electrons. The second kappa shape index (κ2) is 25.6. The van der Waals surface area contributed by atoms with Crippen molar-refractivity contribution in [3.8, 4) is 0 Å². The highest BCUT2D eigenvalue weighted by atomic mass is 31.2. The molecule has 0 saturated carbocycles. The van der Waals surface area contributed by atoms with E-state index in [0.29, 0.717) is 32.5 Å². The molecular formula is C35H53BN6O9P2. The molecular weight excluding hydrogens is 721 g/mol. The van der Waals surface area contributed by atoms with Gasteiger partial charge in [-0.1, -0.05) is 48.7 Å². The Kier molecular flexibility index (Phi) is 21.3. The first-order valence-electron chi connectivity index (χ1n) is 18.4. The highest BCUT2D eigenvalue weighted by Gasteiger charge is 2.35. The van der Waals surface area contributed by atoms with Gasteiger partial charge in [0.05, 0.1) is 18.7 Å². The maximum absolute atomic E-state index is 13.9. The first kappa shape index (κ1) is 44.0. The number of aromatic nitrogens is 2. The van der Waals surface area contributed by atoms with Gasteiger partial charge in [-0.2, -0.15) is 0 Å². The van der Waals surface area contributed by atoms with Crippen molar-refractivity contribution in [1.29, 1.82) is 0 Å². The number of nitrogens with one attached hydrogen (secondary N) is 3. The Morgan fingerprint density at radius 2 is 1.68 bits per heavy atom. The standard InChI is InChI=1S/C35H53BN6O9P2/c1-27(2)24-31(40-32(43)29(25-28-14-6-3-7-15-28)39-33(44)30-26-37-16-17-38-30)36-50-22-11-4-8-18-42(19-9-5-12-23-51-36)20-10-13-21-49-34(45)41-35(52-46)53(47)48/h3,6-7,14-17,26-27,29,31,35H,4-5,8-13,18-25H2,1-2H3,(H,39,44)(H,40,43)(H,41,45)/t29-,31-,35?/m1/s1. The van der Waals surface area contributed by atoms with Gasteiger partial charge in [0.25, 0.3) is 5.91 Å². The van der Waals surface area contributed by atoms with Crippen LogP contribution < -0.4 is 20.8 Å². The molecule has 53 heavy (non-hydrogen) atoms. The fourth-order valence-electron chi connectivity index (χ4n) is 5.85. The average molecular weight is 775 g/mol. The second-order valence-electron chi connectivity index (χ2n) is 13.4. The van der Waals surface area contributed by atoms with E-state index >= 15 is 0 Å². The molecule has 15 nitrogen and oxygen atoms in total. The molecule has 4 atom stereocenters. The highest BCUT2D eigenvalue weighted by molar-refractivity contribution is 7.51. The molecule has 1 aromatic heterocycles. The molecule has 0 aliphatic carbocycles. The predicted molar refractivity (Wildman–Crippen MR) is 199 cm³/mol. The average Bonchev–Trinajstić information content (AvgIpc) is 3.14. The number of unbranched alkanes of at least 4 members (excludes halogenated alkanes) is 1. The van der Waals surface area contributed by atoms with Crippen LogP contribution in [-0.4, -0.2) is 96.9 Å². The predicted octanol–water partition coefficient (Wildman–Crippen LogP) is 4.25. The van der Waals surface area contributed by atoms with Crippen molar-refractivity contribution in [2.45, 2.75) is 95.6 Å². The summed E-state index contributed by atoms with van der Waals surface area (Å²) in [7, 11) is -4.42. The smallest absolute Gasteiger partial charge is 0.480 e. The van der Waals surface area contributed by atoms with E-state index in [1.165, 1.54) is 18.6 Å². The third kappa shape index (κ3) is 18.0. The van der Waals surface area contributed by atoms with Gasteiger partial charge in [0, 0.05) is 32.0 Å². The van der Waals surface area contributed by atoms with Crippen LogP contribution in [0.4, 0.5) is 4.79 Å². The third-order valence-electron chi connectivity index (χ3n) is 8.53. The van der Waals surface area contributed by atoms with Crippen molar-refractivity contribution in [3.63, 3.8) is 0 Å². The zero-order valence-electron chi connectivity index (χ0n) is 30.7. The van der Waals surface area contributed by atoms with Crippen LogP contribution in [-0.2, 0) is 34.4 Å². The summed E-state index contributed by atoms with van der Waals surface area (Å²) in [6.07, 6.45) is 11.2. The van der Waals surface area contributed by atoms with Crippen molar-refractivity contribution >= 4 is 41.5 Å². The molecule has 18 heteroatoms. The van der Waals surface area contributed by atoms with Gasteiger partial charge in [0.1, 0.15) is 11.7 Å². The quantitative estimate of drug-likeness (QED) is 0.117. The first-order chi connectivity index (χ1) is 25.7. The number of hydrogen-bond acceptors (Lipinski definition) is 12. The van der Waals surface area contributed by atoms with Crippen LogP contribution in [0.3, 0.4) is 0 Å². The van der Waals surface area contributed by atoms with Crippen LogP contribution >= 0.6 is 16.5 Å². The summed E-state index contributed by atoms with van der Waals surface area (Å²) in [5.74, 6) is -1.01. The summed E-state index contributed by atoms with van der Waals surface area (Å²) in [5, 5.41) is 8.09. The van der Waals surface area contributed by atoms with E-state index in [2.05, 4.69) is 44.7 Å². The molecule has 3 N–H and O–H groups in total. The van der Waals surface area contributed by atoms with Crippen molar-refractivity contribution in [3.05, 3.63) is 60.2 Å². The third-order valence-corrected chi connectivity index (χ3v) is 10.2. The van der Waals surface area contributed by atoms with Crippen LogP contribution in [0.5, 0.6) is 0 Å². The van der Waals surface area contributed by atoms with E-state index in [4.69, 9.17) is 14.0 Å². The molecule has 1 saturated heterocycles. The lowest BCUT2D eigenvalue weighted by atomic mass is 9.73. The molecule has 3 amide bonds. The van der Waals surface area contributed by atoms with Gasteiger partial charge in [-0.05, 0) is 88.9 Å². The Balaban J connectivity index is 1.53. The van der Waals surface area contributed by atoms with Gasteiger partial charge < -0.3 is 34.5 Å². The number of nitrogens with zero attached hydrogens (tertiary/aromatic N) is 3. The fourth-order valence-corrected chi connectivity index (χ4v) is 6.52. The van der Waals surface area contributed by atoms with E-state index < -0.39 is 53.1 Å². The van der Waals surface area contributed by atoms with Crippen LogP contribution in [0.1, 0.15) is 87.7 Å². The highest BCUT2D eigenvalue weighted by Crippen LogP contribution is 2.24. The number of ether oxygens (including phenoxy) is 1. The summed E-state index contributed by atoms with van der Waals surface area (Å²) in [6, 6.07) is 8.66. The van der Waals surface area contributed by atoms with Crippen LogP contribution in [0.2, 0.25) is 0 Å². The van der Waals surface area contributed by atoms with Crippen molar-refractivity contribution < 1.29 is 42.5 Å². The maximum Gasteiger partial charge on any atom is 0.480 e. The fraction of sp³-hybridized carbons (Fsp3) is 0.629. The Morgan fingerprint density at radius 3 is 2.28 bits per heavy atom. The molecule has 0 spiro atoms. The number of carbonyl (C=O) groups is 3. The van der Waals surface area contributed by atoms with E-state index in [1.807, 2.05) is 30.3 Å².